The van der Waals surface area contributed by atoms with Crippen molar-refractivity contribution < 1.29 is 0 Å². The number of rotatable bonds is 2. The summed E-state index contributed by atoms with van der Waals surface area (Å²) in [5.74, 6) is 0. The topological polar surface area (TPSA) is 54.7 Å². The van der Waals surface area contributed by atoms with Crippen LogP contribution in [0.25, 0.3) is 22.2 Å². The van der Waals surface area contributed by atoms with Gasteiger partial charge in [0.15, 0.2) is 0 Å². The van der Waals surface area contributed by atoms with Crippen LogP contribution >= 0.6 is 0 Å². The smallest absolute Gasteiger partial charge is 0.0972 e. The highest BCUT2D eigenvalue weighted by Gasteiger charge is 2.11. The predicted molar refractivity (Wildman–Crippen MR) is 74.2 cm³/mol. The van der Waals surface area contributed by atoms with Gasteiger partial charge in [-0.2, -0.15) is 5.10 Å². The molecule has 0 saturated heterocycles. The van der Waals surface area contributed by atoms with E-state index in [1.165, 1.54) is 11.1 Å². The third kappa shape index (κ3) is 1.60. The number of benzene rings is 2. The van der Waals surface area contributed by atoms with Gasteiger partial charge in [0.1, 0.15) is 0 Å². The molecule has 0 aliphatic rings. The molecule has 18 heavy (non-hydrogen) atoms. The number of aromatic nitrogens is 2. The molecular formula is C15H15N3. The van der Waals surface area contributed by atoms with Gasteiger partial charge in [0.25, 0.3) is 0 Å². The molecule has 0 spiro atoms. The molecule has 0 bridgehead atoms. The summed E-state index contributed by atoms with van der Waals surface area (Å²) in [4.78, 5) is 0. The molecule has 0 saturated carbocycles. The quantitative estimate of drug-likeness (QED) is 0.720. The Kier molecular flexibility index (Phi) is 2.61. The van der Waals surface area contributed by atoms with E-state index < -0.39 is 0 Å². The molecule has 3 nitrogen and oxygen atoms in total. The lowest BCUT2D eigenvalue weighted by Crippen LogP contribution is -1.96. The number of fused-ring (bicyclic) bond motifs is 1. The molecule has 0 aliphatic heterocycles. The molecule has 3 rings (SSSR count). The zero-order chi connectivity index (χ0) is 12.5. The zero-order valence-electron chi connectivity index (χ0n) is 10.3. The molecule has 2 aromatic carbocycles. The number of aromatic amines is 1. The van der Waals surface area contributed by atoms with Gasteiger partial charge in [0.05, 0.1) is 11.2 Å². The van der Waals surface area contributed by atoms with E-state index in [0.717, 1.165) is 22.2 Å². The fraction of sp³-hybridized carbons (Fsp3) is 0.133. The summed E-state index contributed by atoms with van der Waals surface area (Å²) < 4.78 is 0. The van der Waals surface area contributed by atoms with Crippen LogP contribution in [-0.2, 0) is 6.54 Å². The van der Waals surface area contributed by atoms with E-state index in [2.05, 4.69) is 35.3 Å². The van der Waals surface area contributed by atoms with E-state index in [0.29, 0.717) is 6.54 Å². The van der Waals surface area contributed by atoms with Crippen LogP contribution in [0.3, 0.4) is 0 Å². The maximum absolute atomic E-state index is 5.74. The van der Waals surface area contributed by atoms with Crippen LogP contribution in [0.2, 0.25) is 0 Å². The molecule has 1 heterocycles. The highest BCUT2D eigenvalue weighted by molar-refractivity contribution is 5.95. The van der Waals surface area contributed by atoms with Crippen LogP contribution in [0.15, 0.2) is 42.5 Å². The van der Waals surface area contributed by atoms with Crippen molar-refractivity contribution in [1.29, 1.82) is 0 Å². The molecule has 0 atom stereocenters. The first-order valence-corrected chi connectivity index (χ1v) is 6.03. The third-order valence-electron chi connectivity index (χ3n) is 3.30. The lowest BCUT2D eigenvalue weighted by Gasteiger charge is -2.03. The molecule has 90 valence electrons. The number of hydrogen-bond acceptors (Lipinski definition) is 2. The number of H-pyrrole nitrogens is 1. The summed E-state index contributed by atoms with van der Waals surface area (Å²) in [6, 6.07) is 14.4. The fourth-order valence-electron chi connectivity index (χ4n) is 2.32. The summed E-state index contributed by atoms with van der Waals surface area (Å²) in [6.07, 6.45) is 0. The Labute approximate surface area is 106 Å². The van der Waals surface area contributed by atoms with E-state index in [-0.39, 0.29) is 0 Å². The highest BCUT2D eigenvalue weighted by atomic mass is 15.1. The SMILES string of the molecule is Cc1ccccc1-c1[nH]nc2c(CN)cccc12. The summed E-state index contributed by atoms with van der Waals surface area (Å²) in [5, 5.41) is 8.67. The summed E-state index contributed by atoms with van der Waals surface area (Å²) in [5.41, 5.74) is 11.3. The van der Waals surface area contributed by atoms with Gasteiger partial charge in [0, 0.05) is 17.5 Å². The van der Waals surface area contributed by atoms with Crippen LogP contribution < -0.4 is 5.73 Å². The monoisotopic (exact) mass is 237 g/mol. The van der Waals surface area contributed by atoms with E-state index in [9.17, 15) is 0 Å². The number of nitrogens with zero attached hydrogens (tertiary/aromatic N) is 1. The number of nitrogens with one attached hydrogen (secondary N) is 1. The van der Waals surface area contributed by atoms with Gasteiger partial charge in [-0.3, -0.25) is 5.10 Å². The second-order valence-corrected chi connectivity index (χ2v) is 4.43. The van der Waals surface area contributed by atoms with Crippen molar-refractivity contribution in [3.8, 4) is 11.3 Å². The number of nitrogens with two attached hydrogens (primary N) is 1. The Morgan fingerprint density at radius 1 is 1.11 bits per heavy atom. The molecule has 3 heteroatoms. The number of aryl methyl sites for hydroxylation is 1. The lowest BCUT2D eigenvalue weighted by atomic mass is 10.0. The normalized spacial score (nSPS) is 11.0. The van der Waals surface area contributed by atoms with Crippen molar-refractivity contribution >= 4 is 10.9 Å². The molecule has 3 aromatic rings. The Bertz CT molecular complexity index is 698. The predicted octanol–water partition coefficient (Wildman–Crippen LogP) is 3.00. The first-order valence-electron chi connectivity index (χ1n) is 6.03. The van der Waals surface area contributed by atoms with Crippen molar-refractivity contribution in [3.63, 3.8) is 0 Å². The Morgan fingerprint density at radius 3 is 2.72 bits per heavy atom. The second kappa shape index (κ2) is 4.27. The van der Waals surface area contributed by atoms with Gasteiger partial charge in [0.2, 0.25) is 0 Å². The maximum Gasteiger partial charge on any atom is 0.0972 e. The van der Waals surface area contributed by atoms with Crippen LogP contribution in [0.5, 0.6) is 0 Å². The number of para-hydroxylation sites is 1. The lowest BCUT2D eigenvalue weighted by molar-refractivity contribution is 1.06. The van der Waals surface area contributed by atoms with Crippen molar-refractivity contribution in [1.82, 2.24) is 10.2 Å². The summed E-state index contributed by atoms with van der Waals surface area (Å²) >= 11 is 0. The van der Waals surface area contributed by atoms with Gasteiger partial charge in [-0.25, -0.2) is 0 Å². The summed E-state index contributed by atoms with van der Waals surface area (Å²) in [6.45, 7) is 2.62. The second-order valence-electron chi connectivity index (χ2n) is 4.43. The van der Waals surface area contributed by atoms with Gasteiger partial charge < -0.3 is 5.73 Å². The molecule has 0 fully saturated rings. The average Bonchev–Trinajstić information content (AvgIpc) is 2.83. The van der Waals surface area contributed by atoms with Crippen LogP contribution in [0.4, 0.5) is 0 Å². The zero-order valence-corrected chi connectivity index (χ0v) is 10.3. The van der Waals surface area contributed by atoms with Gasteiger partial charge in [-0.05, 0) is 18.1 Å². The molecule has 1 aromatic heterocycles. The third-order valence-corrected chi connectivity index (χ3v) is 3.30. The molecule has 0 amide bonds. The summed E-state index contributed by atoms with van der Waals surface area (Å²) in [7, 11) is 0. The average molecular weight is 237 g/mol. The van der Waals surface area contributed by atoms with Crippen molar-refractivity contribution in [3.05, 3.63) is 53.6 Å². The van der Waals surface area contributed by atoms with E-state index in [4.69, 9.17) is 5.73 Å². The largest absolute Gasteiger partial charge is 0.326 e. The Balaban J connectivity index is 2.29. The molecule has 0 radical (unpaired) electrons. The Hall–Kier alpha value is -2.13. The van der Waals surface area contributed by atoms with Gasteiger partial charge in [-0.15, -0.1) is 0 Å². The van der Waals surface area contributed by atoms with Gasteiger partial charge in [-0.1, -0.05) is 42.5 Å². The standard InChI is InChI=1S/C15H15N3/c1-10-5-2-3-7-12(10)15-13-8-4-6-11(9-16)14(13)17-18-15/h2-8H,9,16H2,1H3,(H,17,18). The molecule has 0 unspecified atom stereocenters. The van der Waals surface area contributed by atoms with Crippen molar-refractivity contribution in [2.45, 2.75) is 13.5 Å². The maximum atomic E-state index is 5.74. The highest BCUT2D eigenvalue weighted by Crippen LogP contribution is 2.29. The molecule has 3 N–H and O–H groups in total. The van der Waals surface area contributed by atoms with Crippen molar-refractivity contribution in [2.75, 3.05) is 0 Å². The number of hydrogen-bond donors (Lipinski definition) is 2. The molecular weight excluding hydrogens is 222 g/mol. The van der Waals surface area contributed by atoms with Crippen LogP contribution in [0, 0.1) is 6.92 Å². The minimum absolute atomic E-state index is 0.509. The minimum Gasteiger partial charge on any atom is -0.326 e. The van der Waals surface area contributed by atoms with Gasteiger partial charge >= 0.3 is 0 Å². The fourth-order valence-corrected chi connectivity index (χ4v) is 2.32. The first-order chi connectivity index (χ1) is 8.81. The molecule has 0 aliphatic carbocycles. The van der Waals surface area contributed by atoms with E-state index in [1.807, 2.05) is 24.3 Å². The minimum atomic E-state index is 0.509. The van der Waals surface area contributed by atoms with Crippen molar-refractivity contribution in [2.24, 2.45) is 5.73 Å². The van der Waals surface area contributed by atoms with E-state index in [1.54, 1.807) is 0 Å². The van der Waals surface area contributed by atoms with Crippen LogP contribution in [-0.4, -0.2) is 10.2 Å². The first kappa shape index (κ1) is 11.0. The van der Waals surface area contributed by atoms with Crippen LogP contribution in [0.1, 0.15) is 11.1 Å². The van der Waals surface area contributed by atoms with E-state index >= 15 is 0 Å². The Morgan fingerprint density at radius 2 is 1.94 bits per heavy atom.